The molecule has 2 heterocycles. The molecule has 0 fully saturated rings. The molecule has 100 valence electrons. The number of hydrogen-bond donors (Lipinski definition) is 0. The van der Waals surface area contributed by atoms with Gasteiger partial charge in [-0.1, -0.05) is 0 Å². The third-order valence-electron chi connectivity index (χ3n) is 2.41. The van der Waals surface area contributed by atoms with Crippen LogP contribution in [0.25, 0.3) is 5.82 Å². The lowest BCUT2D eigenvalue weighted by Gasteiger charge is -2.01. The average molecular weight is 261 g/mol. The van der Waals surface area contributed by atoms with Crippen LogP contribution in [0.2, 0.25) is 0 Å². The van der Waals surface area contributed by atoms with Crippen molar-refractivity contribution in [3.8, 4) is 5.82 Å². The molecular weight excluding hydrogens is 246 g/mol. The Bertz CT molecular complexity index is 600. The van der Waals surface area contributed by atoms with Crippen molar-refractivity contribution in [1.29, 1.82) is 0 Å². The second-order valence-corrected chi connectivity index (χ2v) is 4.06. The third kappa shape index (κ3) is 2.75. The van der Waals surface area contributed by atoms with Gasteiger partial charge in [0.05, 0.1) is 12.3 Å². The fourth-order valence-corrected chi connectivity index (χ4v) is 1.67. The van der Waals surface area contributed by atoms with Gasteiger partial charge in [0.25, 0.3) is 0 Å². The molecule has 0 radical (unpaired) electrons. The zero-order valence-electron chi connectivity index (χ0n) is 11.3. The molecule has 2 aromatic rings. The Labute approximate surface area is 110 Å². The van der Waals surface area contributed by atoms with Crippen LogP contribution < -0.4 is 0 Å². The Balaban J connectivity index is 2.41. The molecule has 0 unspecified atom stereocenters. The van der Waals surface area contributed by atoms with Crippen molar-refractivity contribution in [2.24, 2.45) is 0 Å². The second kappa shape index (κ2) is 5.13. The van der Waals surface area contributed by atoms with E-state index in [-0.39, 0.29) is 5.69 Å². The molecule has 0 aliphatic carbocycles. The Morgan fingerprint density at radius 2 is 2.00 bits per heavy atom. The lowest BCUT2D eigenvalue weighted by atomic mass is 10.3. The highest BCUT2D eigenvalue weighted by atomic mass is 16.5. The Morgan fingerprint density at radius 3 is 2.63 bits per heavy atom. The maximum absolute atomic E-state index is 11.7. The molecule has 0 bridgehead atoms. The first kappa shape index (κ1) is 13.1. The van der Waals surface area contributed by atoms with Gasteiger partial charge in [-0.25, -0.2) is 14.8 Å². The highest BCUT2D eigenvalue weighted by molar-refractivity contribution is 5.88. The van der Waals surface area contributed by atoms with E-state index in [1.165, 1.54) is 4.80 Å². The van der Waals surface area contributed by atoms with Crippen LogP contribution in [0.3, 0.4) is 0 Å². The molecule has 7 nitrogen and oxygen atoms in total. The van der Waals surface area contributed by atoms with Crippen molar-refractivity contribution in [2.75, 3.05) is 6.61 Å². The van der Waals surface area contributed by atoms with E-state index >= 15 is 0 Å². The minimum absolute atomic E-state index is 0.204. The van der Waals surface area contributed by atoms with Gasteiger partial charge in [0.2, 0.25) is 0 Å². The summed E-state index contributed by atoms with van der Waals surface area (Å²) in [5, 5.41) is 8.30. The molecule has 0 aliphatic heterocycles. The molecule has 0 atom stereocenters. The lowest BCUT2D eigenvalue weighted by molar-refractivity contribution is 0.0518. The Hall–Kier alpha value is -2.31. The van der Waals surface area contributed by atoms with Gasteiger partial charge < -0.3 is 4.74 Å². The fourth-order valence-electron chi connectivity index (χ4n) is 1.67. The van der Waals surface area contributed by atoms with Gasteiger partial charge in [0.1, 0.15) is 5.82 Å². The van der Waals surface area contributed by atoms with Gasteiger partial charge in [-0.3, -0.25) is 0 Å². The molecular formula is C12H15N5O2. The average Bonchev–Trinajstić information content (AvgIpc) is 2.70. The summed E-state index contributed by atoms with van der Waals surface area (Å²) in [5.74, 6) is 0.681. The van der Waals surface area contributed by atoms with Crippen LogP contribution in [-0.4, -0.2) is 37.5 Å². The van der Waals surface area contributed by atoms with Crippen molar-refractivity contribution in [3.05, 3.63) is 29.0 Å². The smallest absolute Gasteiger partial charge is 0.360 e. The number of aromatic nitrogens is 5. The maximum atomic E-state index is 11.7. The van der Waals surface area contributed by atoms with Crippen molar-refractivity contribution in [2.45, 2.75) is 27.7 Å². The van der Waals surface area contributed by atoms with Crippen LogP contribution in [0.4, 0.5) is 0 Å². The maximum Gasteiger partial charge on any atom is 0.360 e. The van der Waals surface area contributed by atoms with Crippen molar-refractivity contribution in [1.82, 2.24) is 25.0 Å². The van der Waals surface area contributed by atoms with E-state index in [0.717, 1.165) is 5.69 Å². The highest BCUT2D eigenvalue weighted by Gasteiger charge is 2.18. The molecule has 0 spiro atoms. The summed E-state index contributed by atoms with van der Waals surface area (Å²) in [6.07, 6.45) is 0. The number of aryl methyl sites for hydroxylation is 3. The van der Waals surface area contributed by atoms with E-state index in [4.69, 9.17) is 4.74 Å². The quantitative estimate of drug-likeness (QED) is 0.771. The SMILES string of the molecule is CCOC(=O)c1nn(-c2cc(C)nc(C)n2)nc1C. The number of esters is 1. The summed E-state index contributed by atoms with van der Waals surface area (Å²) in [4.78, 5) is 21.4. The first-order valence-corrected chi connectivity index (χ1v) is 5.95. The van der Waals surface area contributed by atoms with Gasteiger partial charge in [-0.2, -0.15) is 5.10 Å². The van der Waals surface area contributed by atoms with Crippen LogP contribution in [0, 0.1) is 20.8 Å². The van der Waals surface area contributed by atoms with Gasteiger partial charge >= 0.3 is 5.97 Å². The van der Waals surface area contributed by atoms with E-state index in [1.54, 1.807) is 26.8 Å². The summed E-state index contributed by atoms with van der Waals surface area (Å²) in [5.41, 5.74) is 1.53. The largest absolute Gasteiger partial charge is 0.461 e. The molecule has 7 heteroatoms. The Morgan fingerprint density at radius 1 is 1.26 bits per heavy atom. The van der Waals surface area contributed by atoms with Crippen LogP contribution in [0.5, 0.6) is 0 Å². The van der Waals surface area contributed by atoms with Crippen LogP contribution in [0.1, 0.15) is 34.6 Å². The molecule has 19 heavy (non-hydrogen) atoms. The molecule has 2 rings (SSSR count). The third-order valence-corrected chi connectivity index (χ3v) is 2.41. The molecule has 0 saturated carbocycles. The minimum Gasteiger partial charge on any atom is -0.461 e. The molecule has 0 N–H and O–H groups in total. The fraction of sp³-hybridized carbons (Fsp3) is 0.417. The molecule has 0 aliphatic rings. The standard InChI is InChI=1S/C12H15N5O2/c1-5-19-12(18)11-8(3)15-17(16-11)10-6-7(2)13-9(4)14-10/h6H,5H2,1-4H3. The summed E-state index contributed by atoms with van der Waals surface area (Å²) >= 11 is 0. The number of nitrogens with zero attached hydrogens (tertiary/aromatic N) is 5. The van der Waals surface area contributed by atoms with E-state index < -0.39 is 5.97 Å². The summed E-state index contributed by atoms with van der Waals surface area (Å²) in [7, 11) is 0. The van der Waals surface area contributed by atoms with Crippen molar-refractivity contribution in [3.63, 3.8) is 0 Å². The molecule has 0 aromatic carbocycles. The van der Waals surface area contributed by atoms with E-state index in [1.807, 2.05) is 6.92 Å². The number of rotatable bonds is 3. The number of carbonyl (C=O) groups excluding carboxylic acids is 1. The van der Waals surface area contributed by atoms with Crippen LogP contribution >= 0.6 is 0 Å². The zero-order chi connectivity index (χ0) is 14.0. The Kier molecular flexibility index (Phi) is 3.55. The number of hydrogen-bond acceptors (Lipinski definition) is 6. The van der Waals surface area contributed by atoms with Gasteiger partial charge in [0.15, 0.2) is 11.5 Å². The summed E-state index contributed by atoms with van der Waals surface area (Å²) in [6, 6.07) is 1.75. The van der Waals surface area contributed by atoms with Gasteiger partial charge in [0, 0.05) is 11.8 Å². The highest BCUT2D eigenvalue weighted by Crippen LogP contribution is 2.09. The van der Waals surface area contributed by atoms with Crippen molar-refractivity contribution >= 4 is 5.97 Å². The van der Waals surface area contributed by atoms with E-state index in [2.05, 4.69) is 20.2 Å². The van der Waals surface area contributed by atoms with Crippen LogP contribution in [-0.2, 0) is 4.74 Å². The minimum atomic E-state index is -0.478. The summed E-state index contributed by atoms with van der Waals surface area (Å²) < 4.78 is 4.92. The first-order valence-electron chi connectivity index (χ1n) is 5.95. The molecule has 0 amide bonds. The van der Waals surface area contributed by atoms with Gasteiger partial charge in [-0.15, -0.1) is 9.90 Å². The van der Waals surface area contributed by atoms with E-state index in [9.17, 15) is 4.79 Å². The summed E-state index contributed by atoms with van der Waals surface area (Å²) in [6.45, 7) is 7.40. The normalized spacial score (nSPS) is 10.5. The monoisotopic (exact) mass is 261 g/mol. The number of carbonyl (C=O) groups is 1. The predicted molar refractivity (Wildman–Crippen MR) is 67.1 cm³/mol. The van der Waals surface area contributed by atoms with Gasteiger partial charge in [-0.05, 0) is 27.7 Å². The molecule has 0 saturated heterocycles. The second-order valence-electron chi connectivity index (χ2n) is 4.06. The lowest BCUT2D eigenvalue weighted by Crippen LogP contribution is -2.09. The molecule has 2 aromatic heterocycles. The van der Waals surface area contributed by atoms with Crippen molar-refractivity contribution < 1.29 is 9.53 Å². The first-order chi connectivity index (χ1) is 9.01. The number of ether oxygens (including phenoxy) is 1. The van der Waals surface area contributed by atoms with Crippen LogP contribution in [0.15, 0.2) is 6.07 Å². The topological polar surface area (TPSA) is 82.8 Å². The van der Waals surface area contributed by atoms with E-state index in [0.29, 0.717) is 23.9 Å². The predicted octanol–water partition coefficient (Wildman–Crippen LogP) is 1.16. The zero-order valence-corrected chi connectivity index (χ0v) is 11.3.